The molecule has 1 unspecified atom stereocenters. The molecule has 0 aliphatic rings. The van der Waals surface area contributed by atoms with Crippen LogP contribution in [0.3, 0.4) is 0 Å². The Hall–Kier alpha value is -2.01. The van der Waals surface area contributed by atoms with Crippen LogP contribution in [-0.4, -0.2) is 24.0 Å². The number of benzene rings is 1. The largest absolute Gasteiger partial charge is 0.497 e. The van der Waals surface area contributed by atoms with Gasteiger partial charge in [0, 0.05) is 36.6 Å². The average molecular weight is 275 g/mol. The summed E-state index contributed by atoms with van der Waals surface area (Å²) in [7, 11) is 5.22. The van der Waals surface area contributed by atoms with E-state index in [1.807, 2.05) is 36.0 Å². The van der Waals surface area contributed by atoms with Gasteiger partial charge in [0.15, 0.2) is 0 Å². The number of aryl methyl sites for hydroxylation is 2. The maximum absolute atomic E-state index is 6.28. The average Bonchev–Trinajstić information content (AvgIpc) is 2.89. The van der Waals surface area contributed by atoms with Crippen molar-refractivity contribution >= 4 is 0 Å². The van der Waals surface area contributed by atoms with Crippen LogP contribution in [0, 0.1) is 0 Å². The molecule has 0 aliphatic heterocycles. The van der Waals surface area contributed by atoms with Crippen molar-refractivity contribution in [2.24, 2.45) is 12.8 Å². The van der Waals surface area contributed by atoms with Gasteiger partial charge in [-0.3, -0.25) is 4.68 Å². The fourth-order valence-electron chi connectivity index (χ4n) is 2.23. The van der Waals surface area contributed by atoms with E-state index in [-0.39, 0.29) is 6.04 Å². The minimum atomic E-state index is -0.0780. The molecule has 1 atom stereocenters. The molecule has 0 radical (unpaired) electrons. The third kappa shape index (κ3) is 3.11. The molecule has 5 nitrogen and oxygen atoms in total. The molecule has 0 aliphatic carbocycles. The van der Waals surface area contributed by atoms with Gasteiger partial charge in [-0.05, 0) is 25.0 Å². The molecule has 0 bridgehead atoms. The highest BCUT2D eigenvalue weighted by atomic mass is 16.5. The molecule has 0 saturated heterocycles. The topological polar surface area (TPSA) is 62.3 Å². The van der Waals surface area contributed by atoms with Crippen molar-refractivity contribution in [3.05, 3.63) is 41.7 Å². The summed E-state index contributed by atoms with van der Waals surface area (Å²) in [6.45, 7) is 0. The Morgan fingerprint density at radius 1 is 1.25 bits per heavy atom. The summed E-state index contributed by atoms with van der Waals surface area (Å²) in [6.07, 6.45) is 3.52. The number of hydrogen-bond acceptors (Lipinski definition) is 4. The number of aromatic nitrogens is 2. The molecular weight excluding hydrogens is 254 g/mol. The molecule has 108 valence electrons. The maximum Gasteiger partial charge on any atom is 0.127 e. The fraction of sp³-hybridized carbons (Fsp3) is 0.400. The zero-order valence-corrected chi connectivity index (χ0v) is 12.2. The third-order valence-corrected chi connectivity index (χ3v) is 3.47. The molecule has 20 heavy (non-hydrogen) atoms. The van der Waals surface area contributed by atoms with Gasteiger partial charge in [-0.25, -0.2) is 0 Å². The lowest BCUT2D eigenvalue weighted by Gasteiger charge is -2.16. The molecule has 1 aromatic heterocycles. The van der Waals surface area contributed by atoms with Crippen molar-refractivity contribution in [1.29, 1.82) is 0 Å². The summed E-state index contributed by atoms with van der Waals surface area (Å²) in [5, 5.41) is 4.16. The first-order valence-corrected chi connectivity index (χ1v) is 6.60. The lowest BCUT2D eigenvalue weighted by atomic mass is 10.0. The molecule has 0 saturated carbocycles. The molecule has 2 N–H and O–H groups in total. The minimum absolute atomic E-state index is 0.0780. The Labute approximate surface area is 119 Å². The monoisotopic (exact) mass is 275 g/mol. The summed E-state index contributed by atoms with van der Waals surface area (Å²) < 4.78 is 12.5. The highest BCUT2D eigenvalue weighted by Crippen LogP contribution is 2.30. The number of rotatable bonds is 6. The summed E-state index contributed by atoms with van der Waals surface area (Å²) in [6, 6.07) is 7.66. The SMILES string of the molecule is COc1ccc(C(N)CCc2ccnn2C)c(OC)c1. The first-order chi connectivity index (χ1) is 9.65. The van der Waals surface area contributed by atoms with Gasteiger partial charge in [-0.15, -0.1) is 0 Å². The van der Waals surface area contributed by atoms with Gasteiger partial charge < -0.3 is 15.2 Å². The molecule has 0 amide bonds. The molecule has 1 aromatic carbocycles. The van der Waals surface area contributed by atoms with Crippen LogP contribution in [-0.2, 0) is 13.5 Å². The first-order valence-electron chi connectivity index (χ1n) is 6.60. The zero-order valence-electron chi connectivity index (χ0n) is 12.2. The van der Waals surface area contributed by atoms with Crippen molar-refractivity contribution in [2.45, 2.75) is 18.9 Å². The van der Waals surface area contributed by atoms with Gasteiger partial charge >= 0.3 is 0 Å². The normalized spacial score (nSPS) is 12.2. The summed E-state index contributed by atoms with van der Waals surface area (Å²) in [5.74, 6) is 1.53. The maximum atomic E-state index is 6.28. The second-order valence-electron chi connectivity index (χ2n) is 4.70. The van der Waals surface area contributed by atoms with Crippen LogP contribution in [0.15, 0.2) is 30.5 Å². The van der Waals surface area contributed by atoms with Gasteiger partial charge in [0.2, 0.25) is 0 Å². The van der Waals surface area contributed by atoms with E-state index in [9.17, 15) is 0 Å². The second kappa shape index (κ2) is 6.43. The van der Waals surface area contributed by atoms with E-state index in [2.05, 4.69) is 5.10 Å². The molecule has 0 fully saturated rings. The van der Waals surface area contributed by atoms with E-state index < -0.39 is 0 Å². The Balaban J connectivity index is 2.08. The highest BCUT2D eigenvalue weighted by molar-refractivity contribution is 5.42. The molecule has 2 rings (SSSR count). The van der Waals surface area contributed by atoms with E-state index in [0.717, 1.165) is 29.9 Å². The van der Waals surface area contributed by atoms with Crippen LogP contribution in [0.25, 0.3) is 0 Å². The Morgan fingerprint density at radius 3 is 2.65 bits per heavy atom. The van der Waals surface area contributed by atoms with E-state index in [1.165, 1.54) is 5.69 Å². The van der Waals surface area contributed by atoms with Crippen molar-refractivity contribution in [3.63, 3.8) is 0 Å². The Kier molecular flexibility index (Phi) is 4.63. The summed E-state index contributed by atoms with van der Waals surface area (Å²) in [5.41, 5.74) is 8.45. The van der Waals surface area contributed by atoms with E-state index in [0.29, 0.717) is 0 Å². The summed E-state index contributed by atoms with van der Waals surface area (Å²) in [4.78, 5) is 0. The quantitative estimate of drug-likeness (QED) is 0.876. The van der Waals surface area contributed by atoms with Crippen molar-refractivity contribution in [3.8, 4) is 11.5 Å². The second-order valence-corrected chi connectivity index (χ2v) is 4.70. The van der Waals surface area contributed by atoms with Crippen LogP contribution >= 0.6 is 0 Å². The lowest BCUT2D eigenvalue weighted by Crippen LogP contribution is -2.13. The molecule has 1 heterocycles. The highest BCUT2D eigenvalue weighted by Gasteiger charge is 2.13. The van der Waals surface area contributed by atoms with Crippen LogP contribution in [0.1, 0.15) is 23.7 Å². The van der Waals surface area contributed by atoms with E-state index >= 15 is 0 Å². The van der Waals surface area contributed by atoms with Crippen LogP contribution in [0.2, 0.25) is 0 Å². The van der Waals surface area contributed by atoms with Gasteiger partial charge in [0.05, 0.1) is 14.2 Å². The van der Waals surface area contributed by atoms with Gasteiger partial charge in [0.1, 0.15) is 11.5 Å². The fourth-order valence-corrected chi connectivity index (χ4v) is 2.23. The van der Waals surface area contributed by atoms with E-state index in [1.54, 1.807) is 20.4 Å². The number of methoxy groups -OCH3 is 2. The first kappa shape index (κ1) is 14.4. The molecule has 0 spiro atoms. The van der Waals surface area contributed by atoms with Crippen molar-refractivity contribution in [2.75, 3.05) is 14.2 Å². The van der Waals surface area contributed by atoms with Gasteiger partial charge in [-0.1, -0.05) is 6.07 Å². The molecule has 2 aromatic rings. The minimum Gasteiger partial charge on any atom is -0.497 e. The predicted molar refractivity (Wildman–Crippen MR) is 78.0 cm³/mol. The number of nitrogens with two attached hydrogens (primary N) is 1. The number of nitrogens with zero attached hydrogens (tertiary/aromatic N) is 2. The van der Waals surface area contributed by atoms with Gasteiger partial charge in [-0.2, -0.15) is 5.10 Å². The van der Waals surface area contributed by atoms with Gasteiger partial charge in [0.25, 0.3) is 0 Å². The smallest absolute Gasteiger partial charge is 0.127 e. The van der Waals surface area contributed by atoms with Crippen molar-refractivity contribution in [1.82, 2.24) is 9.78 Å². The predicted octanol–water partition coefficient (Wildman–Crippen LogP) is 2.07. The Bertz CT molecular complexity index is 566. The lowest BCUT2D eigenvalue weighted by molar-refractivity contribution is 0.387. The van der Waals surface area contributed by atoms with E-state index in [4.69, 9.17) is 15.2 Å². The third-order valence-electron chi connectivity index (χ3n) is 3.47. The standard InChI is InChI=1S/C15H21N3O2/c1-18-11(8-9-17-18)4-7-14(16)13-6-5-12(19-2)10-15(13)20-3/h5-6,8-10,14H,4,7,16H2,1-3H3. The Morgan fingerprint density at radius 2 is 2.05 bits per heavy atom. The number of hydrogen-bond donors (Lipinski definition) is 1. The summed E-state index contributed by atoms with van der Waals surface area (Å²) >= 11 is 0. The molecule has 5 heteroatoms. The zero-order chi connectivity index (χ0) is 14.5. The molecular formula is C15H21N3O2. The number of ether oxygens (including phenoxy) is 2. The van der Waals surface area contributed by atoms with Crippen LogP contribution in [0.5, 0.6) is 11.5 Å². The van der Waals surface area contributed by atoms with Crippen LogP contribution in [0.4, 0.5) is 0 Å². The van der Waals surface area contributed by atoms with Crippen molar-refractivity contribution < 1.29 is 9.47 Å². The van der Waals surface area contributed by atoms with Crippen LogP contribution < -0.4 is 15.2 Å².